The molecule has 0 aromatic rings. The Morgan fingerprint density at radius 2 is 0.892 bits per heavy atom. The van der Waals surface area contributed by atoms with Gasteiger partial charge in [-0.2, -0.15) is 0 Å². The zero-order valence-electron chi connectivity index (χ0n) is 69.8. The average Bonchev–Trinajstić information content (AvgIpc) is 1.00. The van der Waals surface area contributed by atoms with Crippen LogP contribution in [0.25, 0.3) is 0 Å². The van der Waals surface area contributed by atoms with Gasteiger partial charge in [-0.05, 0) is 46.0 Å². The zero-order valence-corrected chi connectivity index (χ0v) is 69.8. The Hall–Kier alpha value is -6.49. The average molecular weight is 1720 g/mol. The lowest BCUT2D eigenvalue weighted by Crippen LogP contribution is -2.64. The highest BCUT2D eigenvalue weighted by molar-refractivity contribution is 5.81. The molecule has 19 atom stereocenters. The third-order valence-corrected chi connectivity index (χ3v) is 19.6. The molecule has 38 nitrogen and oxygen atoms in total. The van der Waals surface area contributed by atoms with Crippen LogP contribution in [-0.4, -0.2) is 361 Å². The van der Waals surface area contributed by atoms with Gasteiger partial charge in [0.05, 0.1) is 179 Å². The van der Waals surface area contributed by atoms with Crippen molar-refractivity contribution in [1.29, 1.82) is 0 Å². The van der Waals surface area contributed by atoms with Crippen LogP contribution in [0.15, 0.2) is 85.1 Å². The van der Waals surface area contributed by atoms with Gasteiger partial charge >= 0.3 is 5.97 Å². The summed E-state index contributed by atoms with van der Waals surface area (Å²) in [7, 11) is 0. The lowest BCUT2D eigenvalue weighted by atomic mass is 9.82. The summed E-state index contributed by atoms with van der Waals surface area (Å²) in [5.41, 5.74) is 5.33. The number of esters is 1. The molecule has 6 amide bonds. The van der Waals surface area contributed by atoms with E-state index in [1.807, 2.05) is 13.0 Å². The number of ether oxygens (including phenoxy) is 14. The van der Waals surface area contributed by atoms with Crippen LogP contribution in [0.5, 0.6) is 0 Å². The minimum atomic E-state index is -2.36. The molecule has 686 valence electrons. The second-order valence-corrected chi connectivity index (χ2v) is 29.7. The van der Waals surface area contributed by atoms with E-state index in [1.54, 1.807) is 92.8 Å². The topological polar surface area (TPSA) is 549 Å². The van der Waals surface area contributed by atoms with E-state index in [0.29, 0.717) is 39.1 Å². The van der Waals surface area contributed by atoms with E-state index in [1.165, 1.54) is 6.92 Å². The minimum Gasteiger partial charge on any atom is -0.462 e. The fourth-order valence-electron chi connectivity index (χ4n) is 13.0. The number of carbonyl (C=O) groups excluding carboxylic acids is 7. The summed E-state index contributed by atoms with van der Waals surface area (Å²) < 4.78 is 77.9. The molecule has 3 fully saturated rings. The number of carbonyl (C=O) groups is 7. The number of cyclic esters (lactones) is 1. The van der Waals surface area contributed by atoms with E-state index in [0.717, 1.165) is 12.8 Å². The van der Waals surface area contributed by atoms with Gasteiger partial charge in [-0.1, -0.05) is 112 Å². The molecule has 0 spiro atoms. The summed E-state index contributed by atoms with van der Waals surface area (Å²) in [5, 5.41) is 129. The number of hydrogen-bond acceptors (Lipinski definition) is 32. The van der Waals surface area contributed by atoms with Crippen molar-refractivity contribution < 1.29 is 151 Å². The van der Waals surface area contributed by atoms with Crippen LogP contribution in [0.3, 0.4) is 0 Å². The van der Waals surface area contributed by atoms with Crippen LogP contribution in [0.1, 0.15) is 105 Å². The summed E-state index contributed by atoms with van der Waals surface area (Å²) in [6, 6.07) is -1.60. The quantitative estimate of drug-likeness (QED) is 0.0220. The Bertz CT molecular complexity index is 3080. The summed E-state index contributed by atoms with van der Waals surface area (Å²) in [6.45, 7) is 9.55. The van der Waals surface area contributed by atoms with E-state index in [4.69, 9.17) is 72.0 Å². The largest absolute Gasteiger partial charge is 0.462 e. The van der Waals surface area contributed by atoms with Gasteiger partial charge in [0.1, 0.15) is 51.3 Å². The molecule has 0 radical (unpaired) electrons. The maximum Gasteiger partial charge on any atom is 0.308 e. The van der Waals surface area contributed by atoms with Crippen LogP contribution < -0.4 is 37.6 Å². The molecule has 4 aliphatic rings. The predicted octanol–water partition coefficient (Wildman–Crippen LogP) is -2.57. The molecule has 0 aromatic heterocycles. The predicted molar refractivity (Wildman–Crippen MR) is 433 cm³/mol. The summed E-state index contributed by atoms with van der Waals surface area (Å²) in [6.07, 6.45) is 5.45. The van der Waals surface area contributed by atoms with Gasteiger partial charge < -0.3 is 155 Å². The standard InChI is InChI=1S/C82H137N7O31/c1-56-19-15-13-11-9-7-5-6-8-10-12-14-16-22-64(48-68-75(80(105)88-60-20-17-18-21-60)67(95)50-82(106,120-68)49-63(92)46-66(94)65(93)24-23-61(90)45-62(91)47-74(101)117-58(3)57(2)77(56)102)119-81-79(104)76(78(103)59(4)118-81)89-73(100)55-116-44-39-111-34-29-87-72(99)54-115-43-38-110-33-28-86-71(98)53-114-42-37-109-32-27-85-70(97)52-113-41-36-108-31-26-84-69(96)51-112-40-35-107-30-25-83/h5-16,19,22,56-68,75-79,81,90-95,102-104,106H,17-18,20-21,23-55,83H2,1-4H3,(H,84,96)(H,85,97)(H,86,98)(H,87,99)(H,88,105)(H,89,100)/b6-5+,9-7+,10-8+,13-11+,14-12+,19-15+,22-16+/t56-,57+,58+,59+,61+,62+,63-,64-,65+,66+,67-,68-,75+,76-,77+,78+,79-,81-,82+/m0/s1. The molecule has 0 unspecified atom stereocenters. The molecular weight excluding hydrogens is 1580 g/mol. The van der Waals surface area contributed by atoms with Gasteiger partial charge in [-0.15, -0.1) is 0 Å². The number of aliphatic hydroxyl groups is 10. The van der Waals surface area contributed by atoms with Gasteiger partial charge in [0, 0.05) is 76.3 Å². The van der Waals surface area contributed by atoms with Crippen molar-refractivity contribution in [3.8, 4) is 0 Å². The molecule has 2 saturated heterocycles. The van der Waals surface area contributed by atoms with Crippen LogP contribution in [0.2, 0.25) is 0 Å². The minimum absolute atomic E-state index is 0.0226. The number of hydrogen-bond donors (Lipinski definition) is 17. The Morgan fingerprint density at radius 3 is 1.37 bits per heavy atom. The molecule has 0 aromatic carbocycles. The van der Waals surface area contributed by atoms with E-state index < -0.39 is 165 Å². The molecule has 2 bridgehead atoms. The first kappa shape index (κ1) is 106. The Labute approximate surface area is 703 Å². The van der Waals surface area contributed by atoms with Crippen molar-refractivity contribution in [2.24, 2.45) is 23.5 Å². The number of nitrogens with two attached hydrogens (primary N) is 1. The Kier molecular flexibility index (Phi) is 56.0. The van der Waals surface area contributed by atoms with Crippen LogP contribution >= 0.6 is 0 Å². The molecule has 1 saturated carbocycles. The van der Waals surface area contributed by atoms with E-state index in [-0.39, 0.29) is 187 Å². The summed E-state index contributed by atoms with van der Waals surface area (Å²) in [5.74, 6) is -7.94. The lowest BCUT2D eigenvalue weighted by molar-refractivity contribution is -0.307. The number of amides is 6. The monoisotopic (exact) mass is 1720 g/mol. The molecule has 38 heteroatoms. The number of rotatable bonds is 44. The van der Waals surface area contributed by atoms with Crippen LogP contribution in [-0.2, 0) is 99.9 Å². The second kappa shape index (κ2) is 63.4. The lowest BCUT2D eigenvalue weighted by Gasteiger charge is -2.46. The fourth-order valence-corrected chi connectivity index (χ4v) is 13.0. The first-order chi connectivity index (χ1) is 57.7. The van der Waals surface area contributed by atoms with Crippen LogP contribution in [0, 0.1) is 17.8 Å². The van der Waals surface area contributed by atoms with Gasteiger partial charge in [0.15, 0.2) is 12.1 Å². The normalized spacial score (nSPS) is 30.6. The number of nitrogens with one attached hydrogen (secondary N) is 6. The third kappa shape index (κ3) is 47.4. The van der Waals surface area contributed by atoms with Gasteiger partial charge in [-0.3, -0.25) is 33.6 Å². The molecule has 120 heavy (non-hydrogen) atoms. The molecule has 1 aliphatic carbocycles. The van der Waals surface area contributed by atoms with Crippen molar-refractivity contribution in [3.05, 3.63) is 85.1 Å². The summed E-state index contributed by atoms with van der Waals surface area (Å²) >= 11 is 0. The van der Waals surface area contributed by atoms with E-state index >= 15 is 0 Å². The highest BCUT2D eigenvalue weighted by Gasteiger charge is 2.52. The number of fused-ring (bicyclic) bond motifs is 2. The molecule has 3 aliphatic heterocycles. The first-order valence-electron chi connectivity index (χ1n) is 41.5. The molecule has 18 N–H and O–H groups in total. The molecule has 4 rings (SSSR count). The number of aliphatic hydroxyl groups excluding tert-OH is 9. The zero-order chi connectivity index (χ0) is 87.7. The van der Waals surface area contributed by atoms with Crippen molar-refractivity contribution >= 4 is 41.4 Å². The van der Waals surface area contributed by atoms with Crippen molar-refractivity contribution in [2.45, 2.75) is 208 Å². The van der Waals surface area contributed by atoms with Crippen molar-refractivity contribution in [2.75, 3.05) is 165 Å². The van der Waals surface area contributed by atoms with E-state index in [2.05, 4.69) is 31.9 Å². The smallest absolute Gasteiger partial charge is 0.308 e. The maximum atomic E-state index is 14.3. The summed E-state index contributed by atoms with van der Waals surface area (Å²) in [4.78, 5) is 88.6. The van der Waals surface area contributed by atoms with Crippen LogP contribution in [0.4, 0.5) is 0 Å². The van der Waals surface area contributed by atoms with Gasteiger partial charge in [-0.25, -0.2) is 0 Å². The first-order valence-corrected chi connectivity index (χ1v) is 41.5. The molecular formula is C82H137N7O31. The van der Waals surface area contributed by atoms with Crippen molar-refractivity contribution in [3.63, 3.8) is 0 Å². The Morgan fingerprint density at radius 1 is 0.450 bits per heavy atom. The highest BCUT2D eigenvalue weighted by Crippen LogP contribution is 2.39. The number of allylic oxidation sites excluding steroid dienone is 12. The third-order valence-electron chi connectivity index (χ3n) is 19.6. The van der Waals surface area contributed by atoms with Gasteiger partial charge in [0.2, 0.25) is 35.4 Å². The maximum absolute atomic E-state index is 14.3. The van der Waals surface area contributed by atoms with E-state index in [9.17, 15) is 84.6 Å². The highest BCUT2D eigenvalue weighted by atomic mass is 16.7. The Balaban J connectivity index is 1.20. The SMILES string of the molecule is C[C@H]1[C@H](O)[C@@H](C)/C=C/C=C/C=C/C=C/C=C/C=C/C=C/[C@H](O[C@@H]2O[C@H](C)[C@@H](O)[C@H](NC(=O)COCCOCCNC(=O)COCCOCCNC(=O)COCCOCCNC(=O)COCCOCCNC(=O)COCCOCCN)[C@@H]2O)C[C@@H]2O[C@](O)(C[C@@H](O)C[C@@H](O)[C@H](O)CC[C@@H](O)C[C@@H](O)CC(=O)O[C@@H]1C)C[C@H](O)[C@H]2C(=O)NC1CCCC1. The fraction of sp³-hybridized carbons (Fsp3) is 0.744. The second-order valence-electron chi connectivity index (χ2n) is 29.7. The van der Waals surface area contributed by atoms with Gasteiger partial charge in [0.25, 0.3) is 0 Å². The van der Waals surface area contributed by atoms with Crippen molar-refractivity contribution in [1.82, 2.24) is 31.9 Å². The molecule has 3 heterocycles.